The number of hydrogen-bond acceptors (Lipinski definition) is 3. The molecule has 100 valence electrons. The Morgan fingerprint density at radius 2 is 2.00 bits per heavy atom. The molecule has 1 aromatic carbocycles. The molecule has 0 saturated carbocycles. The van der Waals surface area contributed by atoms with Crippen LogP contribution in [0.15, 0.2) is 29.6 Å². The Labute approximate surface area is 117 Å². The van der Waals surface area contributed by atoms with Crippen molar-refractivity contribution in [3.8, 4) is 0 Å². The van der Waals surface area contributed by atoms with Crippen LogP contribution in [0.1, 0.15) is 28.2 Å². The van der Waals surface area contributed by atoms with Gasteiger partial charge in [-0.25, -0.2) is 4.98 Å². The maximum atomic E-state index is 11.7. The summed E-state index contributed by atoms with van der Waals surface area (Å²) in [5, 5.41) is 5.91. The molecule has 3 nitrogen and oxygen atoms in total. The number of benzene rings is 1. The lowest BCUT2D eigenvalue weighted by atomic mass is 10.1. The SMILES string of the molecule is Cc1ccc(CCC(=O)NCc2csc(C)n2)cc1. The average molecular weight is 274 g/mol. The van der Waals surface area contributed by atoms with Crippen LogP contribution in [-0.4, -0.2) is 10.9 Å². The van der Waals surface area contributed by atoms with Crippen molar-refractivity contribution in [1.29, 1.82) is 0 Å². The highest BCUT2D eigenvalue weighted by Gasteiger charge is 2.04. The summed E-state index contributed by atoms with van der Waals surface area (Å²) in [5.41, 5.74) is 3.38. The highest BCUT2D eigenvalue weighted by Crippen LogP contribution is 2.08. The number of amides is 1. The van der Waals surface area contributed by atoms with E-state index in [0.717, 1.165) is 17.1 Å². The van der Waals surface area contributed by atoms with Gasteiger partial charge in [0, 0.05) is 11.8 Å². The molecule has 4 heteroatoms. The molecule has 19 heavy (non-hydrogen) atoms. The minimum Gasteiger partial charge on any atom is -0.350 e. The van der Waals surface area contributed by atoms with E-state index in [4.69, 9.17) is 0 Å². The van der Waals surface area contributed by atoms with Crippen molar-refractivity contribution in [3.63, 3.8) is 0 Å². The summed E-state index contributed by atoms with van der Waals surface area (Å²) in [5.74, 6) is 0.0752. The van der Waals surface area contributed by atoms with Crippen LogP contribution in [0.2, 0.25) is 0 Å². The molecule has 1 aromatic heterocycles. The van der Waals surface area contributed by atoms with Gasteiger partial charge in [-0.3, -0.25) is 4.79 Å². The van der Waals surface area contributed by atoms with E-state index in [1.807, 2.05) is 12.3 Å². The van der Waals surface area contributed by atoms with Crippen molar-refractivity contribution in [2.24, 2.45) is 0 Å². The maximum Gasteiger partial charge on any atom is 0.220 e. The maximum absolute atomic E-state index is 11.7. The van der Waals surface area contributed by atoms with Crippen LogP contribution in [0.3, 0.4) is 0 Å². The summed E-state index contributed by atoms with van der Waals surface area (Å²) in [6, 6.07) is 8.30. The van der Waals surface area contributed by atoms with Crippen LogP contribution in [0, 0.1) is 13.8 Å². The monoisotopic (exact) mass is 274 g/mol. The molecule has 0 saturated heterocycles. The van der Waals surface area contributed by atoms with E-state index in [9.17, 15) is 4.79 Å². The Balaban J connectivity index is 1.74. The fourth-order valence-corrected chi connectivity index (χ4v) is 2.39. The number of rotatable bonds is 5. The van der Waals surface area contributed by atoms with Crippen molar-refractivity contribution < 1.29 is 4.79 Å². The Morgan fingerprint density at radius 1 is 1.26 bits per heavy atom. The van der Waals surface area contributed by atoms with Crippen molar-refractivity contribution in [2.45, 2.75) is 33.2 Å². The van der Waals surface area contributed by atoms with Gasteiger partial charge in [-0.15, -0.1) is 11.3 Å². The summed E-state index contributed by atoms with van der Waals surface area (Å²) < 4.78 is 0. The smallest absolute Gasteiger partial charge is 0.220 e. The van der Waals surface area contributed by atoms with Gasteiger partial charge in [0.15, 0.2) is 0 Å². The fourth-order valence-electron chi connectivity index (χ4n) is 1.78. The second kappa shape index (κ2) is 6.48. The Hall–Kier alpha value is -1.68. The lowest BCUT2D eigenvalue weighted by Crippen LogP contribution is -2.23. The van der Waals surface area contributed by atoms with Gasteiger partial charge in [0.05, 0.1) is 17.2 Å². The lowest BCUT2D eigenvalue weighted by molar-refractivity contribution is -0.121. The molecule has 1 N–H and O–H groups in total. The Morgan fingerprint density at radius 3 is 2.63 bits per heavy atom. The summed E-state index contributed by atoms with van der Waals surface area (Å²) in [6.45, 7) is 4.55. The Bertz CT molecular complexity index is 546. The van der Waals surface area contributed by atoms with Crippen LogP contribution in [0.4, 0.5) is 0 Å². The highest BCUT2D eigenvalue weighted by atomic mass is 32.1. The van der Waals surface area contributed by atoms with Gasteiger partial charge in [-0.05, 0) is 25.8 Å². The number of carbonyl (C=O) groups excluding carboxylic acids is 1. The molecule has 2 aromatic rings. The second-order valence-electron chi connectivity index (χ2n) is 4.62. The summed E-state index contributed by atoms with van der Waals surface area (Å²) in [4.78, 5) is 16.0. The zero-order chi connectivity index (χ0) is 13.7. The van der Waals surface area contributed by atoms with Crippen LogP contribution >= 0.6 is 11.3 Å². The van der Waals surface area contributed by atoms with Crippen LogP contribution in [0.5, 0.6) is 0 Å². The molecule has 0 aliphatic rings. The number of aromatic nitrogens is 1. The zero-order valence-corrected chi connectivity index (χ0v) is 12.1. The normalized spacial score (nSPS) is 10.4. The molecule has 0 radical (unpaired) electrons. The van der Waals surface area contributed by atoms with Crippen molar-refractivity contribution in [2.75, 3.05) is 0 Å². The molecule has 1 heterocycles. The summed E-state index contributed by atoms with van der Waals surface area (Å²) >= 11 is 1.61. The molecule has 0 spiro atoms. The fraction of sp³-hybridized carbons (Fsp3) is 0.333. The van der Waals surface area contributed by atoms with E-state index in [1.165, 1.54) is 11.1 Å². The number of nitrogens with zero attached hydrogens (tertiary/aromatic N) is 1. The van der Waals surface area contributed by atoms with Gasteiger partial charge < -0.3 is 5.32 Å². The lowest BCUT2D eigenvalue weighted by Gasteiger charge is -2.04. The van der Waals surface area contributed by atoms with E-state index in [2.05, 4.69) is 41.5 Å². The molecular formula is C15H18N2OS. The van der Waals surface area contributed by atoms with E-state index in [-0.39, 0.29) is 5.91 Å². The average Bonchev–Trinajstić information content (AvgIpc) is 2.81. The number of thiazole rings is 1. The van der Waals surface area contributed by atoms with E-state index in [1.54, 1.807) is 11.3 Å². The van der Waals surface area contributed by atoms with Crippen molar-refractivity contribution in [1.82, 2.24) is 10.3 Å². The number of carbonyl (C=O) groups is 1. The second-order valence-corrected chi connectivity index (χ2v) is 5.68. The van der Waals surface area contributed by atoms with E-state index >= 15 is 0 Å². The molecule has 0 atom stereocenters. The highest BCUT2D eigenvalue weighted by molar-refractivity contribution is 7.09. The van der Waals surface area contributed by atoms with Crippen molar-refractivity contribution >= 4 is 17.2 Å². The molecule has 0 bridgehead atoms. The van der Waals surface area contributed by atoms with E-state index < -0.39 is 0 Å². The first-order valence-electron chi connectivity index (χ1n) is 6.37. The first-order chi connectivity index (χ1) is 9.13. The number of aryl methyl sites for hydroxylation is 3. The first-order valence-corrected chi connectivity index (χ1v) is 7.25. The standard InChI is InChI=1S/C15H18N2OS/c1-11-3-5-13(6-4-11)7-8-15(18)16-9-14-10-19-12(2)17-14/h3-6,10H,7-9H2,1-2H3,(H,16,18). The Kier molecular flexibility index (Phi) is 4.68. The first kappa shape index (κ1) is 13.7. The number of nitrogens with one attached hydrogen (secondary N) is 1. The molecule has 0 unspecified atom stereocenters. The number of hydrogen-bond donors (Lipinski definition) is 1. The summed E-state index contributed by atoms with van der Waals surface area (Å²) in [7, 11) is 0. The third-order valence-corrected chi connectivity index (χ3v) is 3.72. The van der Waals surface area contributed by atoms with Gasteiger partial charge in [0.1, 0.15) is 0 Å². The zero-order valence-electron chi connectivity index (χ0n) is 11.3. The third-order valence-electron chi connectivity index (χ3n) is 2.89. The van der Waals surface area contributed by atoms with Gasteiger partial charge in [0.25, 0.3) is 0 Å². The van der Waals surface area contributed by atoms with Gasteiger partial charge in [-0.2, -0.15) is 0 Å². The molecule has 2 rings (SSSR count). The van der Waals surface area contributed by atoms with Crippen LogP contribution in [0.25, 0.3) is 0 Å². The van der Waals surface area contributed by atoms with Gasteiger partial charge >= 0.3 is 0 Å². The van der Waals surface area contributed by atoms with Gasteiger partial charge in [-0.1, -0.05) is 29.8 Å². The van der Waals surface area contributed by atoms with Crippen LogP contribution in [-0.2, 0) is 17.8 Å². The molecule has 0 fully saturated rings. The minimum atomic E-state index is 0.0752. The summed E-state index contributed by atoms with van der Waals surface area (Å²) in [6.07, 6.45) is 1.30. The van der Waals surface area contributed by atoms with Crippen molar-refractivity contribution in [3.05, 3.63) is 51.5 Å². The topological polar surface area (TPSA) is 42.0 Å². The van der Waals surface area contributed by atoms with E-state index in [0.29, 0.717) is 13.0 Å². The molecular weight excluding hydrogens is 256 g/mol. The predicted octanol–water partition coefficient (Wildman–Crippen LogP) is 3.01. The molecule has 1 amide bonds. The third kappa shape index (κ3) is 4.48. The molecule has 0 aliphatic carbocycles. The van der Waals surface area contributed by atoms with Gasteiger partial charge in [0.2, 0.25) is 5.91 Å². The largest absolute Gasteiger partial charge is 0.350 e. The van der Waals surface area contributed by atoms with Crippen LogP contribution < -0.4 is 5.32 Å². The minimum absolute atomic E-state index is 0.0752. The molecule has 0 aliphatic heterocycles. The quantitative estimate of drug-likeness (QED) is 0.910. The predicted molar refractivity (Wildman–Crippen MR) is 78.2 cm³/mol.